The Hall–Kier alpha value is 0.164. The first-order valence-electron chi connectivity index (χ1n) is 13.4. The lowest BCUT2D eigenvalue weighted by Gasteiger charge is -2.17. The Balaban J connectivity index is 1.25. The van der Waals surface area contributed by atoms with Crippen molar-refractivity contribution in [2.45, 2.75) is 23.7 Å². The molecule has 4 rings (SSSR count). The second kappa shape index (κ2) is 20.4. The minimum Gasteiger partial charge on any atom is -0.418 e. The van der Waals surface area contributed by atoms with Crippen LogP contribution in [0.2, 0.25) is 0 Å². The molecule has 0 saturated carbocycles. The molecule has 2 aromatic carbocycles. The van der Waals surface area contributed by atoms with Crippen LogP contribution in [0.15, 0.2) is 48.5 Å². The fraction of sp³-hybridized carbons (Fsp3) is 0.462. The molecule has 0 bridgehead atoms. The third kappa shape index (κ3) is 11.7. The molecular weight excluding hydrogens is 717 g/mol. The zero-order valence-electron chi connectivity index (χ0n) is 24.4. The van der Waals surface area contributed by atoms with Gasteiger partial charge in [-0.25, -0.2) is 9.97 Å². The third-order valence-corrected chi connectivity index (χ3v) is 22.0. The summed E-state index contributed by atoms with van der Waals surface area (Å²) >= 11 is 3.55. The van der Waals surface area contributed by atoms with Crippen molar-refractivity contribution in [2.75, 3.05) is 53.2 Å². The summed E-state index contributed by atoms with van der Waals surface area (Å²) < 4.78 is 35.9. The second-order valence-corrected chi connectivity index (χ2v) is 22.5. The topological polar surface area (TPSA) is 81.2 Å². The Morgan fingerprint density at radius 2 is 1.05 bits per heavy atom. The number of fused-ring (bicyclic) bond motifs is 2. The maximum Gasteiger partial charge on any atom is 0.178 e. The van der Waals surface area contributed by atoms with Crippen molar-refractivity contribution >= 4 is 114 Å². The predicted molar refractivity (Wildman–Crippen MR) is 197 cm³/mol. The molecule has 43 heavy (non-hydrogen) atoms. The van der Waals surface area contributed by atoms with Crippen molar-refractivity contribution in [3.8, 4) is 0 Å². The minimum atomic E-state index is -0.894. The van der Waals surface area contributed by atoms with Crippen molar-refractivity contribution in [3.05, 3.63) is 58.5 Å². The standard InChI is InChI=1S/C26H36N2O6S7Si2/c1-29-23(30-2)13-33-42-21(25-27-17-9-5-7-11-19(17)37-25)15-35-39-41-40-36-16-22(43-34-14-24(31-3)32-4)26-28-18-10-6-8-12-20(18)38-26/h5-12,21-24H,13-16,42-43H2,1-4H3. The van der Waals surface area contributed by atoms with E-state index in [1.807, 2.05) is 53.4 Å². The highest BCUT2D eigenvalue weighted by Crippen LogP contribution is 2.50. The van der Waals surface area contributed by atoms with Crippen LogP contribution in [0.4, 0.5) is 0 Å². The fourth-order valence-corrected chi connectivity index (χ4v) is 20.1. The molecule has 8 nitrogen and oxygen atoms in total. The normalized spacial score (nSPS) is 14.1. The Morgan fingerprint density at radius 1 is 0.628 bits per heavy atom. The van der Waals surface area contributed by atoms with E-state index in [2.05, 4.69) is 36.4 Å². The van der Waals surface area contributed by atoms with Gasteiger partial charge in [-0.1, -0.05) is 45.9 Å². The number of ether oxygens (including phenoxy) is 4. The van der Waals surface area contributed by atoms with Gasteiger partial charge in [0.1, 0.15) is 0 Å². The van der Waals surface area contributed by atoms with Gasteiger partial charge in [-0.15, -0.1) is 22.7 Å². The van der Waals surface area contributed by atoms with Gasteiger partial charge >= 0.3 is 0 Å². The Kier molecular flexibility index (Phi) is 17.1. The molecule has 0 N–H and O–H groups in total. The number of methoxy groups -OCH3 is 4. The van der Waals surface area contributed by atoms with E-state index < -0.39 is 19.5 Å². The molecule has 0 fully saturated rings. The van der Waals surface area contributed by atoms with E-state index >= 15 is 0 Å². The summed E-state index contributed by atoms with van der Waals surface area (Å²) in [5.74, 6) is 1.91. The van der Waals surface area contributed by atoms with Gasteiger partial charge in [0, 0.05) is 51.0 Å². The third-order valence-electron chi connectivity index (χ3n) is 6.21. The maximum absolute atomic E-state index is 6.13. The number of nitrogens with zero attached hydrogens (tertiary/aromatic N) is 2. The maximum atomic E-state index is 6.13. The monoisotopic (exact) mass is 752 g/mol. The number of hydrogen-bond acceptors (Lipinski definition) is 15. The molecule has 0 aliphatic rings. The van der Waals surface area contributed by atoms with Gasteiger partial charge in [-0.3, -0.25) is 0 Å². The number of thiazole rings is 2. The number of hydrogen-bond donors (Lipinski definition) is 0. The van der Waals surface area contributed by atoms with E-state index in [1.54, 1.807) is 60.9 Å². The molecule has 2 heterocycles. The Morgan fingerprint density at radius 3 is 1.44 bits per heavy atom. The lowest BCUT2D eigenvalue weighted by molar-refractivity contribution is -0.122. The molecule has 2 atom stereocenters. The number of benzene rings is 2. The van der Waals surface area contributed by atoms with E-state index in [9.17, 15) is 0 Å². The van der Waals surface area contributed by atoms with E-state index in [0.717, 1.165) is 32.6 Å². The summed E-state index contributed by atoms with van der Waals surface area (Å²) in [5.41, 5.74) is 2.75. The zero-order chi connectivity index (χ0) is 30.3. The molecule has 0 aliphatic carbocycles. The number of rotatable bonds is 22. The molecular formula is C26H36N2O6S7Si2. The van der Waals surface area contributed by atoms with E-state index in [-0.39, 0.29) is 12.6 Å². The molecule has 2 unspecified atom stereocenters. The van der Waals surface area contributed by atoms with Gasteiger partial charge < -0.3 is 27.8 Å². The highest BCUT2D eigenvalue weighted by molar-refractivity contribution is 9.35. The van der Waals surface area contributed by atoms with Gasteiger partial charge in [0.25, 0.3) is 0 Å². The molecule has 0 amide bonds. The van der Waals surface area contributed by atoms with Crippen LogP contribution in [0.1, 0.15) is 21.1 Å². The van der Waals surface area contributed by atoms with Crippen molar-refractivity contribution in [1.29, 1.82) is 0 Å². The molecule has 2 aromatic heterocycles. The van der Waals surface area contributed by atoms with Crippen LogP contribution >= 0.6 is 73.7 Å². The average molecular weight is 753 g/mol. The molecule has 236 valence electrons. The SMILES string of the molecule is COC(CO[SiH2]C(CSSSSSCC([SiH2]OCC(OC)OC)c1nc2ccccc2s1)c1nc2ccccc2s1)OC. The first kappa shape index (κ1) is 36.0. The molecule has 0 spiro atoms. The van der Waals surface area contributed by atoms with Crippen molar-refractivity contribution in [1.82, 2.24) is 9.97 Å². The van der Waals surface area contributed by atoms with Crippen molar-refractivity contribution in [2.24, 2.45) is 0 Å². The van der Waals surface area contributed by atoms with Crippen LogP contribution in [-0.4, -0.2) is 95.2 Å². The summed E-state index contributed by atoms with van der Waals surface area (Å²) in [6, 6.07) is 16.6. The first-order chi connectivity index (χ1) is 21.1. The molecule has 4 aromatic rings. The van der Waals surface area contributed by atoms with Gasteiger partial charge in [0.05, 0.1) is 43.7 Å². The van der Waals surface area contributed by atoms with Gasteiger partial charge in [0.2, 0.25) is 0 Å². The van der Waals surface area contributed by atoms with Crippen LogP contribution in [0.5, 0.6) is 0 Å². The smallest absolute Gasteiger partial charge is 0.178 e. The van der Waals surface area contributed by atoms with Crippen LogP contribution in [-0.2, 0) is 27.8 Å². The van der Waals surface area contributed by atoms with E-state index in [0.29, 0.717) is 24.3 Å². The molecule has 0 saturated heterocycles. The van der Waals surface area contributed by atoms with E-state index in [1.165, 1.54) is 9.40 Å². The average Bonchev–Trinajstić information content (AvgIpc) is 3.67. The number of aromatic nitrogens is 2. The van der Waals surface area contributed by atoms with E-state index in [4.69, 9.17) is 37.8 Å². The summed E-state index contributed by atoms with van der Waals surface area (Å²) in [4.78, 5) is 9.87. The van der Waals surface area contributed by atoms with Crippen molar-refractivity contribution in [3.63, 3.8) is 0 Å². The summed E-state index contributed by atoms with van der Waals surface area (Å²) in [6.07, 6.45) is -0.674. The second-order valence-electron chi connectivity index (χ2n) is 9.08. The molecule has 0 aliphatic heterocycles. The highest BCUT2D eigenvalue weighted by Gasteiger charge is 2.21. The quantitative estimate of drug-likeness (QED) is 0.0382. The number of para-hydroxylation sites is 2. The molecule has 17 heteroatoms. The Bertz CT molecular complexity index is 1180. The predicted octanol–water partition coefficient (Wildman–Crippen LogP) is 6.45. The highest BCUT2D eigenvalue weighted by atomic mass is 33.8. The summed E-state index contributed by atoms with van der Waals surface area (Å²) in [5, 5.41) is 2.32. The van der Waals surface area contributed by atoms with Crippen molar-refractivity contribution < 1.29 is 27.8 Å². The Labute approximate surface area is 284 Å². The fourth-order valence-electron chi connectivity index (χ4n) is 3.86. The lowest BCUT2D eigenvalue weighted by atomic mass is 10.3. The first-order valence-corrected chi connectivity index (χ1v) is 24.3. The largest absolute Gasteiger partial charge is 0.418 e. The van der Waals surface area contributed by atoms with Gasteiger partial charge in [0.15, 0.2) is 32.1 Å². The minimum absolute atomic E-state index is 0.317. The van der Waals surface area contributed by atoms with Gasteiger partial charge in [-0.05, 0) is 53.7 Å². The van der Waals surface area contributed by atoms with Crippen LogP contribution in [0.25, 0.3) is 20.4 Å². The molecule has 0 radical (unpaired) electrons. The summed E-state index contributed by atoms with van der Waals surface area (Å²) in [6.45, 7) is 0.889. The van der Waals surface area contributed by atoms with Crippen LogP contribution < -0.4 is 0 Å². The van der Waals surface area contributed by atoms with Crippen LogP contribution in [0, 0.1) is 0 Å². The van der Waals surface area contributed by atoms with Crippen LogP contribution in [0.3, 0.4) is 0 Å². The lowest BCUT2D eigenvalue weighted by Crippen LogP contribution is -2.24. The summed E-state index contributed by atoms with van der Waals surface area (Å²) in [7, 11) is 13.9. The zero-order valence-corrected chi connectivity index (χ0v) is 32.9. The van der Waals surface area contributed by atoms with Gasteiger partial charge in [-0.2, -0.15) is 0 Å².